The molecular weight excluding hydrogens is 407 g/mol. The van der Waals surface area contributed by atoms with E-state index in [1.165, 1.54) is 33.0 Å². The molecule has 0 saturated carbocycles. The Labute approximate surface area is 197 Å². The molecule has 0 bridgehead atoms. The summed E-state index contributed by atoms with van der Waals surface area (Å²) < 4.78 is 12.3. The number of furan rings is 1. The van der Waals surface area contributed by atoms with Gasteiger partial charge >= 0.3 is 7.48 Å². The number of hydrogen-bond donors (Lipinski definition) is 1. The lowest BCUT2D eigenvalue weighted by molar-refractivity contribution is -0.0893. The van der Waals surface area contributed by atoms with Gasteiger partial charge < -0.3 is 14.2 Å². The van der Waals surface area contributed by atoms with E-state index in [9.17, 15) is 5.11 Å². The molecule has 1 aliphatic carbocycles. The van der Waals surface area contributed by atoms with E-state index in [1.807, 2.05) is 26.0 Å². The molecule has 1 aromatic heterocycles. The van der Waals surface area contributed by atoms with Gasteiger partial charge in [-0.05, 0) is 74.9 Å². The van der Waals surface area contributed by atoms with Gasteiger partial charge in [0.05, 0.1) is 11.2 Å². The fourth-order valence-electron chi connectivity index (χ4n) is 5.26. The SMILES string of the molecule is CCC1(CC)c2cc([B]OC(C)(C)C(C)(C)O)ccc2-c2c1ccc1oc3ccccc3c21. The van der Waals surface area contributed by atoms with Crippen LogP contribution in [-0.2, 0) is 10.1 Å². The summed E-state index contributed by atoms with van der Waals surface area (Å²) in [7, 11) is 1.79. The molecule has 0 spiro atoms. The Morgan fingerprint density at radius 1 is 0.909 bits per heavy atom. The van der Waals surface area contributed by atoms with Gasteiger partial charge in [-0.15, -0.1) is 0 Å². The second-order valence-corrected chi connectivity index (χ2v) is 10.4. The molecule has 33 heavy (non-hydrogen) atoms. The van der Waals surface area contributed by atoms with Crippen LogP contribution in [0, 0.1) is 0 Å². The highest BCUT2D eigenvalue weighted by Gasteiger charge is 2.42. The van der Waals surface area contributed by atoms with Gasteiger partial charge in [-0.2, -0.15) is 0 Å². The molecule has 0 aliphatic heterocycles. The van der Waals surface area contributed by atoms with Crippen LogP contribution in [0.3, 0.4) is 0 Å². The molecule has 4 heteroatoms. The summed E-state index contributed by atoms with van der Waals surface area (Å²) in [5.74, 6) is 0. The predicted molar refractivity (Wildman–Crippen MR) is 137 cm³/mol. The fraction of sp³-hybridized carbons (Fsp3) is 0.379. The first-order valence-corrected chi connectivity index (χ1v) is 12.0. The van der Waals surface area contributed by atoms with Crippen molar-refractivity contribution in [2.75, 3.05) is 0 Å². The van der Waals surface area contributed by atoms with E-state index in [4.69, 9.17) is 9.07 Å². The van der Waals surface area contributed by atoms with Gasteiger partial charge in [0.2, 0.25) is 0 Å². The smallest absolute Gasteiger partial charge is 0.330 e. The number of rotatable bonds is 6. The summed E-state index contributed by atoms with van der Waals surface area (Å²) >= 11 is 0. The minimum absolute atomic E-state index is 0.0488. The lowest BCUT2D eigenvalue weighted by Crippen LogP contribution is -2.49. The normalized spacial score (nSPS) is 15.1. The summed E-state index contributed by atoms with van der Waals surface area (Å²) in [6.07, 6.45) is 2.04. The first kappa shape index (κ1) is 22.2. The van der Waals surface area contributed by atoms with Crippen molar-refractivity contribution < 1.29 is 14.2 Å². The molecular formula is C29H32BO3. The maximum absolute atomic E-state index is 10.5. The first-order chi connectivity index (χ1) is 15.6. The summed E-state index contributed by atoms with van der Waals surface area (Å²) in [6, 6.07) is 19.3. The molecule has 0 saturated heterocycles. The number of fused-ring (bicyclic) bond motifs is 7. The van der Waals surface area contributed by atoms with Gasteiger partial charge in [-0.25, -0.2) is 0 Å². The molecule has 1 radical (unpaired) electrons. The Bertz CT molecular complexity index is 1350. The number of aliphatic hydroxyl groups is 1. The summed E-state index contributed by atoms with van der Waals surface area (Å²) in [6.45, 7) is 11.9. The van der Waals surface area contributed by atoms with Crippen molar-refractivity contribution in [2.24, 2.45) is 0 Å². The third-order valence-corrected chi connectivity index (χ3v) is 8.06. The Kier molecular flexibility index (Phi) is 5.04. The average Bonchev–Trinajstić information content (AvgIpc) is 3.29. The van der Waals surface area contributed by atoms with Gasteiger partial charge in [-0.1, -0.05) is 61.8 Å². The Balaban J connectivity index is 1.68. The van der Waals surface area contributed by atoms with Crippen molar-refractivity contribution in [2.45, 2.75) is 71.0 Å². The van der Waals surface area contributed by atoms with Gasteiger partial charge in [0.15, 0.2) is 0 Å². The van der Waals surface area contributed by atoms with Crippen LogP contribution in [0.15, 0.2) is 59.0 Å². The van der Waals surface area contributed by atoms with E-state index >= 15 is 0 Å². The Morgan fingerprint density at radius 3 is 2.33 bits per heavy atom. The predicted octanol–water partition coefficient (Wildman–Crippen LogP) is 6.48. The minimum Gasteiger partial charge on any atom is -0.456 e. The number of hydrogen-bond acceptors (Lipinski definition) is 3. The van der Waals surface area contributed by atoms with E-state index in [1.54, 1.807) is 21.3 Å². The van der Waals surface area contributed by atoms with Crippen LogP contribution in [0.4, 0.5) is 0 Å². The standard InChI is InChI=1S/C29H32BO3/c1-7-29(8-2)21-15-16-24-26(20-11-9-10-12-23(20)32-24)25(21)19-14-13-18(17-22(19)29)30-33-28(5,6)27(3,4)31/h9-17,31H,7-8H2,1-6H3. The molecule has 4 aromatic rings. The van der Waals surface area contributed by atoms with E-state index in [0.717, 1.165) is 29.5 Å². The third-order valence-electron chi connectivity index (χ3n) is 8.06. The Morgan fingerprint density at radius 2 is 1.64 bits per heavy atom. The van der Waals surface area contributed by atoms with Gasteiger partial charge in [0.1, 0.15) is 11.2 Å². The van der Waals surface area contributed by atoms with Crippen LogP contribution >= 0.6 is 0 Å². The maximum Gasteiger partial charge on any atom is 0.330 e. The number of para-hydroxylation sites is 1. The lowest BCUT2D eigenvalue weighted by Gasteiger charge is -2.37. The number of benzene rings is 3. The van der Waals surface area contributed by atoms with Crippen LogP contribution in [0.5, 0.6) is 0 Å². The summed E-state index contributed by atoms with van der Waals surface area (Å²) in [5.41, 5.74) is 6.49. The van der Waals surface area contributed by atoms with Gasteiger partial charge in [-0.3, -0.25) is 0 Å². The first-order valence-electron chi connectivity index (χ1n) is 12.0. The van der Waals surface area contributed by atoms with Crippen LogP contribution in [-0.4, -0.2) is 23.8 Å². The fourth-order valence-corrected chi connectivity index (χ4v) is 5.26. The van der Waals surface area contributed by atoms with Crippen molar-refractivity contribution in [3.05, 3.63) is 65.7 Å². The molecule has 5 rings (SSSR count). The third kappa shape index (κ3) is 3.19. The van der Waals surface area contributed by atoms with E-state index in [2.05, 4.69) is 56.3 Å². The van der Waals surface area contributed by atoms with Crippen molar-refractivity contribution in [3.8, 4) is 11.1 Å². The molecule has 169 valence electrons. The van der Waals surface area contributed by atoms with Crippen LogP contribution < -0.4 is 5.46 Å². The second-order valence-electron chi connectivity index (χ2n) is 10.4. The molecule has 1 aliphatic rings. The molecule has 0 fully saturated rings. The quantitative estimate of drug-likeness (QED) is 0.350. The van der Waals surface area contributed by atoms with Crippen molar-refractivity contribution in [1.29, 1.82) is 0 Å². The van der Waals surface area contributed by atoms with E-state index in [-0.39, 0.29) is 5.41 Å². The molecule has 1 heterocycles. The van der Waals surface area contributed by atoms with Crippen LogP contribution in [0.1, 0.15) is 65.5 Å². The summed E-state index contributed by atoms with van der Waals surface area (Å²) in [5, 5.41) is 12.9. The monoisotopic (exact) mass is 439 g/mol. The van der Waals surface area contributed by atoms with Gasteiger partial charge in [0, 0.05) is 16.2 Å². The largest absolute Gasteiger partial charge is 0.456 e. The molecule has 3 nitrogen and oxygen atoms in total. The van der Waals surface area contributed by atoms with Crippen molar-refractivity contribution in [1.82, 2.24) is 0 Å². The minimum atomic E-state index is -0.957. The highest BCUT2D eigenvalue weighted by molar-refractivity contribution is 6.47. The lowest BCUT2D eigenvalue weighted by atomic mass is 9.72. The zero-order valence-corrected chi connectivity index (χ0v) is 20.5. The van der Waals surface area contributed by atoms with Crippen molar-refractivity contribution in [3.63, 3.8) is 0 Å². The van der Waals surface area contributed by atoms with Crippen molar-refractivity contribution >= 4 is 34.9 Å². The maximum atomic E-state index is 10.5. The molecule has 3 aromatic carbocycles. The summed E-state index contributed by atoms with van der Waals surface area (Å²) in [4.78, 5) is 0. The Hall–Kier alpha value is -2.56. The highest BCUT2D eigenvalue weighted by atomic mass is 16.5. The van der Waals surface area contributed by atoms with E-state index in [0.29, 0.717) is 0 Å². The van der Waals surface area contributed by atoms with Crippen LogP contribution in [0.25, 0.3) is 33.1 Å². The van der Waals surface area contributed by atoms with Crippen LogP contribution in [0.2, 0.25) is 0 Å². The highest BCUT2D eigenvalue weighted by Crippen LogP contribution is 2.55. The van der Waals surface area contributed by atoms with E-state index < -0.39 is 11.2 Å². The average molecular weight is 439 g/mol. The molecule has 0 unspecified atom stereocenters. The molecule has 1 N–H and O–H groups in total. The zero-order chi connectivity index (χ0) is 23.6. The zero-order valence-electron chi connectivity index (χ0n) is 20.5. The van der Waals surface area contributed by atoms with Gasteiger partial charge in [0.25, 0.3) is 0 Å². The second kappa shape index (κ2) is 7.48. The topological polar surface area (TPSA) is 42.6 Å². The molecule has 0 amide bonds. The molecule has 0 atom stereocenters.